The molecule has 0 aliphatic heterocycles. The van der Waals surface area contributed by atoms with Gasteiger partial charge in [-0.3, -0.25) is 9.20 Å². The molecule has 4 aromatic rings. The Labute approximate surface area is 112 Å². The van der Waals surface area contributed by atoms with E-state index in [1.807, 2.05) is 19.1 Å². The number of thiazole rings is 1. The van der Waals surface area contributed by atoms with E-state index in [4.69, 9.17) is 0 Å². The van der Waals surface area contributed by atoms with Crippen molar-refractivity contribution in [1.29, 1.82) is 0 Å². The monoisotopic (exact) mass is 267 g/mol. The summed E-state index contributed by atoms with van der Waals surface area (Å²) < 4.78 is 2.74. The lowest BCUT2D eigenvalue weighted by molar-refractivity contribution is 1.14. The maximum absolute atomic E-state index is 12.5. The summed E-state index contributed by atoms with van der Waals surface area (Å²) in [7, 11) is 0. The van der Waals surface area contributed by atoms with Crippen molar-refractivity contribution in [2.45, 2.75) is 6.92 Å². The standard InChI is InChI=1S/C14H9N3OS/c1-8-4-5-10-11(7-8)19-14-16-12-9(3-2-6-15-12)13(18)17(10)14/h2-7H,1H3. The molecule has 0 N–H and O–H groups in total. The zero-order chi connectivity index (χ0) is 13.0. The Morgan fingerprint density at radius 1 is 1.26 bits per heavy atom. The van der Waals surface area contributed by atoms with Crippen LogP contribution in [-0.4, -0.2) is 14.4 Å². The maximum atomic E-state index is 12.5. The summed E-state index contributed by atoms with van der Waals surface area (Å²) >= 11 is 1.52. The molecule has 0 saturated heterocycles. The molecule has 4 rings (SSSR count). The lowest BCUT2D eigenvalue weighted by atomic mass is 10.2. The molecule has 0 bridgehead atoms. The minimum absolute atomic E-state index is 0.0526. The van der Waals surface area contributed by atoms with Gasteiger partial charge in [-0.2, -0.15) is 4.98 Å². The summed E-state index contributed by atoms with van der Waals surface area (Å²) in [6.45, 7) is 2.04. The first-order chi connectivity index (χ1) is 9.24. The van der Waals surface area contributed by atoms with Gasteiger partial charge in [0, 0.05) is 6.20 Å². The lowest BCUT2D eigenvalue weighted by Crippen LogP contribution is -2.13. The van der Waals surface area contributed by atoms with Crippen LogP contribution < -0.4 is 5.56 Å². The Hall–Kier alpha value is -2.27. The summed E-state index contributed by atoms with van der Waals surface area (Å²) in [5.41, 5.74) is 2.54. The van der Waals surface area contributed by atoms with Crippen LogP contribution >= 0.6 is 11.3 Å². The number of pyridine rings is 1. The van der Waals surface area contributed by atoms with Crippen molar-refractivity contribution in [3.05, 3.63) is 52.4 Å². The van der Waals surface area contributed by atoms with E-state index in [0.29, 0.717) is 16.0 Å². The van der Waals surface area contributed by atoms with Gasteiger partial charge < -0.3 is 0 Å². The SMILES string of the molecule is Cc1ccc2c(c1)sc1nc3ncccc3c(=O)n12. The van der Waals surface area contributed by atoms with Gasteiger partial charge in [0.15, 0.2) is 10.6 Å². The summed E-state index contributed by atoms with van der Waals surface area (Å²) in [5, 5.41) is 0.556. The van der Waals surface area contributed by atoms with Crippen LogP contribution in [0.1, 0.15) is 5.56 Å². The van der Waals surface area contributed by atoms with Crippen LogP contribution in [0, 0.1) is 6.92 Å². The van der Waals surface area contributed by atoms with Crippen molar-refractivity contribution >= 4 is 37.5 Å². The third kappa shape index (κ3) is 1.42. The zero-order valence-corrected chi connectivity index (χ0v) is 10.9. The normalized spacial score (nSPS) is 11.6. The zero-order valence-electron chi connectivity index (χ0n) is 10.1. The van der Waals surface area contributed by atoms with Gasteiger partial charge in [-0.05, 0) is 36.8 Å². The number of aryl methyl sites for hydroxylation is 1. The fourth-order valence-corrected chi connectivity index (χ4v) is 3.38. The first-order valence-corrected chi connectivity index (χ1v) is 6.72. The predicted octanol–water partition coefficient (Wildman–Crippen LogP) is 2.77. The summed E-state index contributed by atoms with van der Waals surface area (Å²) in [5.74, 6) is 0. The molecule has 0 spiro atoms. The summed E-state index contributed by atoms with van der Waals surface area (Å²) in [6, 6.07) is 9.58. The summed E-state index contributed by atoms with van der Waals surface area (Å²) in [4.78, 5) is 21.9. The van der Waals surface area contributed by atoms with Gasteiger partial charge in [-0.1, -0.05) is 17.4 Å². The number of aromatic nitrogens is 3. The van der Waals surface area contributed by atoms with Crippen molar-refractivity contribution in [1.82, 2.24) is 14.4 Å². The van der Waals surface area contributed by atoms with Gasteiger partial charge in [0.1, 0.15) is 0 Å². The average Bonchev–Trinajstić information content (AvgIpc) is 2.76. The molecule has 0 saturated carbocycles. The minimum atomic E-state index is -0.0526. The third-order valence-corrected chi connectivity index (χ3v) is 4.17. The minimum Gasteiger partial charge on any atom is -0.268 e. The van der Waals surface area contributed by atoms with Crippen molar-refractivity contribution in [2.75, 3.05) is 0 Å². The molecular weight excluding hydrogens is 258 g/mol. The molecule has 0 atom stereocenters. The van der Waals surface area contributed by atoms with Crippen molar-refractivity contribution < 1.29 is 0 Å². The Balaban J connectivity index is 2.33. The smallest absolute Gasteiger partial charge is 0.268 e. The first-order valence-electron chi connectivity index (χ1n) is 5.91. The quantitative estimate of drug-likeness (QED) is 0.492. The fraction of sp³-hybridized carbons (Fsp3) is 0.0714. The van der Waals surface area contributed by atoms with Crippen LogP contribution in [0.4, 0.5) is 0 Å². The summed E-state index contributed by atoms with van der Waals surface area (Å²) in [6.07, 6.45) is 1.66. The molecule has 0 amide bonds. The van der Waals surface area contributed by atoms with Gasteiger partial charge in [0.05, 0.1) is 15.6 Å². The predicted molar refractivity (Wildman–Crippen MR) is 76.9 cm³/mol. The topological polar surface area (TPSA) is 47.3 Å². The highest BCUT2D eigenvalue weighted by Crippen LogP contribution is 2.25. The number of benzene rings is 1. The molecule has 92 valence electrons. The highest BCUT2D eigenvalue weighted by atomic mass is 32.1. The van der Waals surface area contributed by atoms with Crippen LogP contribution in [0.3, 0.4) is 0 Å². The highest BCUT2D eigenvalue weighted by Gasteiger charge is 2.11. The molecule has 0 unspecified atom stereocenters. The van der Waals surface area contributed by atoms with Gasteiger partial charge >= 0.3 is 0 Å². The second kappa shape index (κ2) is 3.61. The molecule has 3 heterocycles. The van der Waals surface area contributed by atoms with Gasteiger partial charge in [-0.15, -0.1) is 0 Å². The Kier molecular flexibility index (Phi) is 2.02. The average molecular weight is 267 g/mol. The second-order valence-electron chi connectivity index (χ2n) is 4.48. The number of hydrogen-bond acceptors (Lipinski definition) is 4. The van der Waals surface area contributed by atoms with E-state index in [1.165, 1.54) is 16.9 Å². The number of hydrogen-bond donors (Lipinski definition) is 0. The second-order valence-corrected chi connectivity index (χ2v) is 5.49. The molecule has 0 radical (unpaired) electrons. The van der Waals surface area contributed by atoms with Crippen LogP contribution in [0.25, 0.3) is 26.2 Å². The van der Waals surface area contributed by atoms with E-state index in [0.717, 1.165) is 10.2 Å². The van der Waals surface area contributed by atoms with Crippen LogP contribution in [0.5, 0.6) is 0 Å². The van der Waals surface area contributed by atoms with E-state index in [-0.39, 0.29) is 5.56 Å². The Morgan fingerprint density at radius 3 is 3.05 bits per heavy atom. The van der Waals surface area contributed by atoms with Crippen molar-refractivity contribution in [2.24, 2.45) is 0 Å². The largest absolute Gasteiger partial charge is 0.268 e. The molecule has 19 heavy (non-hydrogen) atoms. The number of rotatable bonds is 0. The van der Waals surface area contributed by atoms with Gasteiger partial charge in [0.2, 0.25) is 0 Å². The van der Waals surface area contributed by atoms with E-state index < -0.39 is 0 Å². The molecular formula is C14H9N3OS. The van der Waals surface area contributed by atoms with E-state index in [9.17, 15) is 4.79 Å². The molecule has 0 fully saturated rings. The van der Waals surface area contributed by atoms with Crippen LogP contribution in [0.2, 0.25) is 0 Å². The van der Waals surface area contributed by atoms with Crippen LogP contribution in [0.15, 0.2) is 41.3 Å². The highest BCUT2D eigenvalue weighted by molar-refractivity contribution is 7.23. The molecule has 5 heteroatoms. The Bertz CT molecular complexity index is 1000. The van der Waals surface area contributed by atoms with Crippen molar-refractivity contribution in [3.63, 3.8) is 0 Å². The van der Waals surface area contributed by atoms with Gasteiger partial charge in [-0.25, -0.2) is 4.98 Å². The van der Waals surface area contributed by atoms with E-state index in [1.54, 1.807) is 22.7 Å². The van der Waals surface area contributed by atoms with Crippen molar-refractivity contribution in [3.8, 4) is 0 Å². The molecule has 4 nitrogen and oxygen atoms in total. The molecule has 0 aliphatic rings. The van der Waals surface area contributed by atoms with Gasteiger partial charge in [0.25, 0.3) is 5.56 Å². The van der Waals surface area contributed by atoms with E-state index in [2.05, 4.69) is 16.0 Å². The number of nitrogens with zero attached hydrogens (tertiary/aromatic N) is 3. The molecule has 1 aromatic carbocycles. The molecule has 3 aromatic heterocycles. The Morgan fingerprint density at radius 2 is 2.16 bits per heavy atom. The lowest BCUT2D eigenvalue weighted by Gasteiger charge is -1.98. The van der Waals surface area contributed by atoms with E-state index >= 15 is 0 Å². The number of fused-ring (bicyclic) bond motifs is 4. The van der Waals surface area contributed by atoms with Crippen LogP contribution in [-0.2, 0) is 0 Å². The molecule has 0 aliphatic carbocycles. The first kappa shape index (κ1) is 10.6. The third-order valence-electron chi connectivity index (χ3n) is 3.17. The maximum Gasteiger partial charge on any atom is 0.268 e. The fourth-order valence-electron chi connectivity index (χ4n) is 2.27.